The minimum absolute atomic E-state index is 0.0464. The molecule has 11 nitrogen and oxygen atoms in total. The second-order valence-electron chi connectivity index (χ2n) is 13.7. The Labute approximate surface area is 275 Å². The number of sulfonamides is 1. The van der Waals surface area contributed by atoms with Gasteiger partial charge in [0, 0.05) is 86.1 Å². The summed E-state index contributed by atoms with van der Waals surface area (Å²) in [6.45, 7) is 3.01. The highest BCUT2D eigenvalue weighted by molar-refractivity contribution is 7.89. The van der Waals surface area contributed by atoms with Crippen LogP contribution < -0.4 is 26.6 Å². The molecule has 3 atom stereocenters. The molecule has 2 saturated heterocycles. The van der Waals surface area contributed by atoms with Crippen LogP contribution >= 0.6 is 0 Å². The van der Waals surface area contributed by atoms with Gasteiger partial charge in [-0.05, 0) is 88.3 Å². The van der Waals surface area contributed by atoms with Gasteiger partial charge < -0.3 is 26.6 Å². The monoisotopic (exact) mass is 673 g/mol. The Morgan fingerprint density at radius 3 is 2.23 bits per heavy atom. The first-order chi connectivity index (χ1) is 22.3. The molecule has 0 spiro atoms. The minimum atomic E-state index is -3.80. The van der Waals surface area contributed by atoms with E-state index in [-0.39, 0.29) is 78.7 Å². The molecule has 0 radical (unpaired) electrons. The molecule has 2 aromatic rings. The van der Waals surface area contributed by atoms with Gasteiger partial charge in [-0.3, -0.25) is 9.59 Å². The molecule has 3 heterocycles. The Morgan fingerprint density at radius 2 is 1.64 bits per heavy atom. The summed E-state index contributed by atoms with van der Waals surface area (Å²) in [5.74, 6) is -3.97. The van der Waals surface area contributed by atoms with Gasteiger partial charge in [-0.2, -0.15) is 4.31 Å². The molecule has 2 aliphatic heterocycles. The molecule has 0 unspecified atom stereocenters. The SMILES string of the molecule is Cc1cc(C(F)(F)C2CCC(C(=O)N[C@@H]3CC[C@H](N)C3)CC2)cc(N2CCN(S(=O)(=O)c3ccc(N4C[C@H](N)CC4=O)cc3)CC2)n1. The molecule has 0 bridgehead atoms. The molecule has 4 aliphatic rings. The van der Waals surface area contributed by atoms with Crippen LogP contribution in [0.3, 0.4) is 0 Å². The van der Waals surface area contributed by atoms with E-state index in [9.17, 15) is 18.0 Å². The quantitative estimate of drug-likeness (QED) is 0.387. The van der Waals surface area contributed by atoms with E-state index in [1.54, 1.807) is 24.0 Å². The Hall–Kier alpha value is -3.20. The fraction of sp³-hybridized carbons (Fsp3) is 0.606. The van der Waals surface area contributed by atoms with E-state index in [0.717, 1.165) is 19.3 Å². The van der Waals surface area contributed by atoms with Gasteiger partial charge in [-0.25, -0.2) is 22.2 Å². The lowest BCUT2D eigenvalue weighted by Crippen LogP contribution is -2.49. The van der Waals surface area contributed by atoms with Gasteiger partial charge in [-0.15, -0.1) is 0 Å². The Bertz CT molecular complexity index is 1580. The van der Waals surface area contributed by atoms with Crippen molar-refractivity contribution in [3.8, 4) is 0 Å². The lowest BCUT2D eigenvalue weighted by Gasteiger charge is -2.36. The van der Waals surface area contributed by atoms with Crippen LogP contribution in [0.15, 0.2) is 41.3 Å². The Morgan fingerprint density at radius 1 is 0.957 bits per heavy atom. The zero-order valence-corrected chi connectivity index (χ0v) is 27.6. The summed E-state index contributed by atoms with van der Waals surface area (Å²) >= 11 is 0. The summed E-state index contributed by atoms with van der Waals surface area (Å²) < 4.78 is 60.2. The number of halogens is 2. The maximum Gasteiger partial charge on any atom is 0.276 e. The summed E-state index contributed by atoms with van der Waals surface area (Å²) in [4.78, 5) is 33.0. The van der Waals surface area contributed by atoms with Crippen LogP contribution in [0, 0.1) is 18.8 Å². The number of rotatable bonds is 8. The molecule has 2 saturated carbocycles. The number of benzene rings is 1. The fourth-order valence-electron chi connectivity index (χ4n) is 7.52. The summed E-state index contributed by atoms with van der Waals surface area (Å²) in [7, 11) is -3.80. The van der Waals surface area contributed by atoms with Crippen molar-refractivity contribution in [3.63, 3.8) is 0 Å². The van der Waals surface area contributed by atoms with E-state index in [0.29, 0.717) is 49.7 Å². The number of hydrogen-bond donors (Lipinski definition) is 3. The topological polar surface area (TPSA) is 155 Å². The zero-order chi connectivity index (χ0) is 33.5. The highest BCUT2D eigenvalue weighted by atomic mass is 32.2. The van der Waals surface area contributed by atoms with Gasteiger partial charge in [0.2, 0.25) is 21.8 Å². The average molecular weight is 674 g/mol. The molecule has 5 N–H and O–H groups in total. The molecular weight excluding hydrogens is 628 g/mol. The maximum atomic E-state index is 16.0. The van der Waals surface area contributed by atoms with Crippen molar-refractivity contribution in [1.29, 1.82) is 0 Å². The molecular formula is C33H45F2N7O4S. The first kappa shape index (κ1) is 33.7. The predicted octanol–water partition coefficient (Wildman–Crippen LogP) is 2.86. The van der Waals surface area contributed by atoms with E-state index in [1.807, 2.05) is 4.90 Å². The second-order valence-corrected chi connectivity index (χ2v) is 15.6. The van der Waals surface area contributed by atoms with Gasteiger partial charge >= 0.3 is 0 Å². The molecule has 1 aromatic carbocycles. The molecule has 2 amide bonds. The number of nitrogens with one attached hydrogen (secondary N) is 1. The standard InChI is InChI=1S/C33H45F2N7O4S/c1-21-16-24(33(34,35)23-4-2-22(3-5-23)32(44)39-27-7-6-25(36)18-27)17-30(38-21)40-12-14-41(15-13-40)47(45,46)29-10-8-28(9-11-29)42-20-26(37)19-31(42)43/h8-11,16-17,22-23,25-27H,2-7,12-15,18-20,36-37H2,1H3,(H,39,44)/t22?,23?,25-,26+,27+/m0/s1. The van der Waals surface area contributed by atoms with E-state index < -0.39 is 21.9 Å². The number of nitrogens with zero attached hydrogens (tertiary/aromatic N) is 4. The first-order valence-electron chi connectivity index (χ1n) is 16.7. The van der Waals surface area contributed by atoms with Crippen molar-refractivity contribution in [2.75, 3.05) is 42.5 Å². The number of carbonyl (C=O) groups is 2. The second kappa shape index (κ2) is 13.4. The van der Waals surface area contributed by atoms with Gasteiger partial charge in [0.25, 0.3) is 5.92 Å². The van der Waals surface area contributed by atoms with E-state index in [2.05, 4.69) is 10.3 Å². The third kappa shape index (κ3) is 7.15. The number of anilines is 2. The number of carbonyl (C=O) groups excluding carboxylic acids is 2. The van der Waals surface area contributed by atoms with E-state index in [4.69, 9.17) is 11.5 Å². The summed E-state index contributed by atoms with van der Waals surface area (Å²) in [6.07, 6.45) is 4.13. The van der Waals surface area contributed by atoms with Crippen LogP contribution in [0.4, 0.5) is 20.3 Å². The summed E-state index contributed by atoms with van der Waals surface area (Å²) in [6, 6.07) is 9.04. The van der Waals surface area contributed by atoms with Crippen LogP contribution in [0.2, 0.25) is 0 Å². The summed E-state index contributed by atoms with van der Waals surface area (Å²) in [5, 5.41) is 3.07. The van der Waals surface area contributed by atoms with Crippen LogP contribution in [0.1, 0.15) is 62.6 Å². The normalized spacial score (nSPS) is 27.8. The Balaban J connectivity index is 1.06. The molecule has 1 aromatic heterocycles. The number of aryl methyl sites for hydroxylation is 1. The van der Waals surface area contributed by atoms with Gasteiger partial charge in [0.15, 0.2) is 0 Å². The van der Waals surface area contributed by atoms with Crippen molar-refractivity contribution in [3.05, 3.63) is 47.7 Å². The van der Waals surface area contributed by atoms with Crippen molar-refractivity contribution in [1.82, 2.24) is 14.6 Å². The van der Waals surface area contributed by atoms with Crippen LogP contribution in [0.25, 0.3) is 0 Å². The van der Waals surface area contributed by atoms with Crippen molar-refractivity contribution in [2.45, 2.75) is 87.2 Å². The lowest BCUT2D eigenvalue weighted by molar-refractivity contribution is -0.129. The smallest absolute Gasteiger partial charge is 0.276 e. The fourth-order valence-corrected chi connectivity index (χ4v) is 8.94. The van der Waals surface area contributed by atoms with Crippen LogP contribution in [-0.2, 0) is 25.5 Å². The van der Waals surface area contributed by atoms with Crippen molar-refractivity contribution in [2.24, 2.45) is 23.3 Å². The van der Waals surface area contributed by atoms with Gasteiger partial charge in [0.1, 0.15) is 5.82 Å². The third-order valence-electron chi connectivity index (χ3n) is 10.3. The molecule has 6 rings (SSSR count). The summed E-state index contributed by atoms with van der Waals surface area (Å²) in [5.41, 5.74) is 12.8. The highest BCUT2D eigenvalue weighted by Crippen LogP contribution is 2.46. The third-order valence-corrected chi connectivity index (χ3v) is 12.2. The largest absolute Gasteiger partial charge is 0.354 e. The first-order valence-corrected chi connectivity index (χ1v) is 18.1. The molecule has 4 fully saturated rings. The molecule has 256 valence electrons. The number of nitrogens with two attached hydrogens (primary N) is 2. The van der Waals surface area contributed by atoms with Gasteiger partial charge in [-0.1, -0.05) is 0 Å². The molecule has 14 heteroatoms. The van der Waals surface area contributed by atoms with Crippen LogP contribution in [-0.4, -0.2) is 80.4 Å². The zero-order valence-electron chi connectivity index (χ0n) is 26.8. The van der Waals surface area contributed by atoms with Gasteiger partial charge in [0.05, 0.1) is 4.90 Å². The van der Waals surface area contributed by atoms with Crippen LogP contribution in [0.5, 0.6) is 0 Å². The minimum Gasteiger partial charge on any atom is -0.354 e. The number of amides is 2. The number of pyridine rings is 1. The molecule has 47 heavy (non-hydrogen) atoms. The predicted molar refractivity (Wildman–Crippen MR) is 174 cm³/mol. The molecule has 2 aliphatic carbocycles. The number of hydrogen-bond acceptors (Lipinski definition) is 8. The van der Waals surface area contributed by atoms with E-state index >= 15 is 8.78 Å². The highest BCUT2D eigenvalue weighted by Gasteiger charge is 2.45. The maximum absolute atomic E-state index is 16.0. The number of aromatic nitrogens is 1. The lowest BCUT2D eigenvalue weighted by atomic mass is 9.77. The number of piperazine rings is 1. The van der Waals surface area contributed by atoms with Crippen molar-refractivity contribution >= 4 is 33.3 Å². The average Bonchev–Trinajstić information content (AvgIpc) is 3.63. The number of alkyl halides is 2. The van der Waals surface area contributed by atoms with Crippen molar-refractivity contribution < 1.29 is 26.8 Å². The Kier molecular flexibility index (Phi) is 9.58. The van der Waals surface area contributed by atoms with E-state index in [1.165, 1.54) is 28.6 Å².